The Morgan fingerprint density at radius 2 is 1.96 bits per heavy atom. The molecule has 0 saturated heterocycles. The first-order chi connectivity index (χ1) is 11.4. The van der Waals surface area contributed by atoms with Crippen molar-refractivity contribution < 1.29 is 13.2 Å². The molecular weight excluding hydrogens is 328 g/mol. The van der Waals surface area contributed by atoms with Crippen LogP contribution in [0.5, 0.6) is 0 Å². The van der Waals surface area contributed by atoms with Crippen LogP contribution in [0.15, 0.2) is 53.7 Å². The van der Waals surface area contributed by atoms with E-state index in [1.165, 1.54) is 12.1 Å². The van der Waals surface area contributed by atoms with E-state index in [1.807, 2.05) is 19.1 Å². The number of pyridine rings is 1. The van der Waals surface area contributed by atoms with Gasteiger partial charge in [-0.3, -0.25) is 4.98 Å². The summed E-state index contributed by atoms with van der Waals surface area (Å²) >= 11 is 0. The van der Waals surface area contributed by atoms with E-state index in [9.17, 15) is 13.2 Å². The van der Waals surface area contributed by atoms with Gasteiger partial charge in [0, 0.05) is 18.9 Å². The van der Waals surface area contributed by atoms with Crippen LogP contribution in [-0.2, 0) is 16.4 Å². The Morgan fingerprint density at radius 3 is 2.54 bits per heavy atom. The minimum Gasteiger partial charge on any atom is -0.338 e. The molecule has 0 aliphatic heterocycles. The van der Waals surface area contributed by atoms with Crippen LogP contribution in [0.4, 0.5) is 4.79 Å². The quantitative estimate of drug-likeness (QED) is 0.730. The van der Waals surface area contributed by atoms with Crippen LogP contribution in [0, 0.1) is 0 Å². The lowest BCUT2D eigenvalue weighted by Crippen LogP contribution is -2.38. The van der Waals surface area contributed by atoms with Gasteiger partial charge in [-0.2, -0.15) is 0 Å². The fraction of sp³-hybridized carbons (Fsp3) is 0.250. The molecule has 1 atom stereocenters. The Balaban J connectivity index is 1.78. The smallest absolute Gasteiger partial charge is 0.315 e. The summed E-state index contributed by atoms with van der Waals surface area (Å²) in [6.07, 6.45) is 3.97. The van der Waals surface area contributed by atoms with Gasteiger partial charge in [-0.05, 0) is 42.7 Å². The summed E-state index contributed by atoms with van der Waals surface area (Å²) < 4.78 is 22.4. The van der Waals surface area contributed by atoms with Crippen LogP contribution in [0.1, 0.15) is 24.1 Å². The molecule has 8 heteroatoms. The van der Waals surface area contributed by atoms with E-state index in [4.69, 9.17) is 5.14 Å². The molecule has 0 fully saturated rings. The number of rotatable bonds is 6. The number of benzene rings is 1. The lowest BCUT2D eigenvalue weighted by Gasteiger charge is -2.14. The maximum atomic E-state index is 11.9. The molecular formula is C16H20N4O3S. The Labute approximate surface area is 141 Å². The van der Waals surface area contributed by atoms with Gasteiger partial charge in [-0.1, -0.05) is 18.2 Å². The summed E-state index contributed by atoms with van der Waals surface area (Å²) in [4.78, 5) is 16.0. The van der Waals surface area contributed by atoms with E-state index in [0.29, 0.717) is 13.0 Å². The monoisotopic (exact) mass is 348 g/mol. The topological polar surface area (TPSA) is 114 Å². The molecule has 1 heterocycles. The first-order valence-corrected chi connectivity index (χ1v) is 8.97. The summed E-state index contributed by atoms with van der Waals surface area (Å²) in [7, 11) is -3.68. The molecule has 0 bridgehead atoms. The van der Waals surface area contributed by atoms with E-state index >= 15 is 0 Å². The van der Waals surface area contributed by atoms with Crippen LogP contribution in [0.3, 0.4) is 0 Å². The molecule has 4 N–H and O–H groups in total. The van der Waals surface area contributed by atoms with Gasteiger partial charge in [0.2, 0.25) is 10.0 Å². The van der Waals surface area contributed by atoms with E-state index in [0.717, 1.165) is 11.1 Å². The minimum absolute atomic E-state index is 0.0715. The highest BCUT2D eigenvalue weighted by molar-refractivity contribution is 7.89. The molecule has 0 spiro atoms. The van der Waals surface area contributed by atoms with Crippen molar-refractivity contribution in [1.82, 2.24) is 15.6 Å². The molecule has 2 rings (SSSR count). The van der Waals surface area contributed by atoms with Gasteiger partial charge < -0.3 is 10.6 Å². The molecule has 0 saturated carbocycles. The minimum atomic E-state index is -3.68. The molecule has 7 nitrogen and oxygen atoms in total. The van der Waals surface area contributed by atoms with Crippen molar-refractivity contribution in [2.24, 2.45) is 5.14 Å². The van der Waals surface area contributed by atoms with Gasteiger partial charge in [0.15, 0.2) is 0 Å². The zero-order valence-corrected chi connectivity index (χ0v) is 14.1. The van der Waals surface area contributed by atoms with Gasteiger partial charge in [0.1, 0.15) is 0 Å². The highest BCUT2D eigenvalue weighted by Gasteiger charge is 2.09. The molecule has 2 aromatic rings. The first-order valence-electron chi connectivity index (χ1n) is 7.42. The van der Waals surface area contributed by atoms with Crippen LogP contribution in [-0.4, -0.2) is 26.0 Å². The van der Waals surface area contributed by atoms with Crippen molar-refractivity contribution in [1.29, 1.82) is 0 Å². The van der Waals surface area contributed by atoms with E-state index < -0.39 is 10.0 Å². The molecule has 1 aromatic carbocycles. The predicted molar refractivity (Wildman–Crippen MR) is 90.7 cm³/mol. The number of nitrogens with zero attached hydrogens (tertiary/aromatic N) is 1. The van der Waals surface area contributed by atoms with Gasteiger partial charge in [-0.25, -0.2) is 18.4 Å². The van der Waals surface area contributed by atoms with E-state index in [2.05, 4.69) is 15.6 Å². The van der Waals surface area contributed by atoms with Gasteiger partial charge in [-0.15, -0.1) is 0 Å². The summed E-state index contributed by atoms with van der Waals surface area (Å²) in [5, 5.41) is 10.6. The summed E-state index contributed by atoms with van der Waals surface area (Å²) in [6.45, 7) is 2.31. The number of carbonyl (C=O) groups excluding carboxylic acids is 1. The maximum Gasteiger partial charge on any atom is 0.315 e. The molecule has 0 unspecified atom stereocenters. The van der Waals surface area contributed by atoms with Gasteiger partial charge >= 0.3 is 6.03 Å². The molecule has 0 aliphatic carbocycles. The number of sulfonamides is 1. The predicted octanol–water partition coefficient (Wildman–Crippen LogP) is 1.33. The number of urea groups is 1. The highest BCUT2D eigenvalue weighted by Crippen LogP contribution is 2.10. The second kappa shape index (κ2) is 7.89. The molecule has 128 valence electrons. The fourth-order valence-electron chi connectivity index (χ4n) is 2.13. The Morgan fingerprint density at radius 1 is 1.25 bits per heavy atom. The van der Waals surface area contributed by atoms with Crippen molar-refractivity contribution in [2.45, 2.75) is 24.3 Å². The lowest BCUT2D eigenvalue weighted by molar-refractivity contribution is 0.238. The van der Waals surface area contributed by atoms with Crippen molar-refractivity contribution in [3.05, 3.63) is 59.9 Å². The number of nitrogens with two attached hydrogens (primary N) is 1. The number of nitrogens with one attached hydrogen (secondary N) is 2. The number of amides is 2. The number of aromatic nitrogens is 1. The summed E-state index contributed by atoms with van der Waals surface area (Å²) in [6, 6.07) is 9.56. The second-order valence-electron chi connectivity index (χ2n) is 5.35. The Kier molecular flexibility index (Phi) is 5.88. The number of hydrogen-bond donors (Lipinski definition) is 3. The van der Waals surface area contributed by atoms with Crippen LogP contribution in [0.25, 0.3) is 0 Å². The number of carbonyl (C=O) groups is 1. The normalized spacial score (nSPS) is 12.4. The van der Waals surface area contributed by atoms with Crippen molar-refractivity contribution in [2.75, 3.05) is 6.54 Å². The van der Waals surface area contributed by atoms with Crippen LogP contribution >= 0.6 is 0 Å². The van der Waals surface area contributed by atoms with E-state index in [-0.39, 0.29) is 17.0 Å². The van der Waals surface area contributed by atoms with Crippen molar-refractivity contribution in [3.63, 3.8) is 0 Å². The zero-order valence-electron chi connectivity index (χ0n) is 13.3. The lowest BCUT2D eigenvalue weighted by atomic mass is 10.1. The van der Waals surface area contributed by atoms with Crippen LogP contribution < -0.4 is 15.8 Å². The van der Waals surface area contributed by atoms with Crippen molar-refractivity contribution in [3.8, 4) is 0 Å². The summed E-state index contributed by atoms with van der Waals surface area (Å²) in [5.41, 5.74) is 1.83. The molecule has 2 amide bonds. The second-order valence-corrected chi connectivity index (χ2v) is 6.91. The van der Waals surface area contributed by atoms with E-state index in [1.54, 1.807) is 24.5 Å². The Bertz CT molecular complexity index is 777. The van der Waals surface area contributed by atoms with Gasteiger partial charge in [0.05, 0.1) is 10.9 Å². The third kappa shape index (κ3) is 5.32. The third-order valence-corrected chi connectivity index (χ3v) is 4.41. The molecule has 1 aromatic heterocycles. The standard InChI is InChI=1S/C16H20N4O3S/c1-12(14-3-2-9-18-11-14)20-16(21)19-10-8-13-4-6-15(7-5-13)24(17,22)23/h2-7,9,11-12H,8,10H2,1H3,(H2,17,22,23)(H2,19,20,21)/t12-/m0/s1. The van der Waals surface area contributed by atoms with Gasteiger partial charge in [0.25, 0.3) is 0 Å². The number of primary sulfonamides is 1. The molecule has 0 radical (unpaired) electrons. The van der Waals surface area contributed by atoms with Crippen molar-refractivity contribution >= 4 is 16.1 Å². The SMILES string of the molecule is C[C@H](NC(=O)NCCc1ccc(S(N)(=O)=O)cc1)c1cccnc1. The Hall–Kier alpha value is -2.45. The highest BCUT2D eigenvalue weighted by atomic mass is 32.2. The molecule has 24 heavy (non-hydrogen) atoms. The van der Waals surface area contributed by atoms with Crippen LogP contribution in [0.2, 0.25) is 0 Å². The largest absolute Gasteiger partial charge is 0.338 e. The maximum absolute atomic E-state index is 11.9. The average molecular weight is 348 g/mol. The zero-order chi connectivity index (χ0) is 17.6. The first kappa shape index (κ1) is 17.9. The third-order valence-electron chi connectivity index (χ3n) is 3.48. The fourth-order valence-corrected chi connectivity index (χ4v) is 2.64. The number of hydrogen-bond acceptors (Lipinski definition) is 4. The average Bonchev–Trinajstić information content (AvgIpc) is 2.55. The summed E-state index contributed by atoms with van der Waals surface area (Å²) in [5.74, 6) is 0. The molecule has 0 aliphatic rings.